The maximum absolute atomic E-state index is 3.87. The Morgan fingerprint density at radius 1 is 1.25 bits per heavy atom. The lowest BCUT2D eigenvalue weighted by atomic mass is 9.69. The molecule has 1 unspecified atom stereocenters. The topological polar surface area (TPSA) is 0 Å². The zero-order valence-corrected chi connectivity index (χ0v) is 14.1. The lowest BCUT2D eigenvalue weighted by molar-refractivity contribution is 0.339. The highest BCUT2D eigenvalue weighted by Crippen LogP contribution is 2.43. The molecule has 20 heavy (non-hydrogen) atoms. The van der Waals surface area contributed by atoms with E-state index in [0.29, 0.717) is 5.41 Å². The van der Waals surface area contributed by atoms with E-state index in [1.807, 2.05) is 13.0 Å². The molecule has 1 aliphatic carbocycles. The second-order valence-electron chi connectivity index (χ2n) is 6.87. The Labute approximate surface area is 125 Å². The van der Waals surface area contributed by atoms with Gasteiger partial charge in [-0.3, -0.25) is 0 Å². The molecule has 0 fully saturated rings. The summed E-state index contributed by atoms with van der Waals surface area (Å²) in [4.78, 5) is 0. The van der Waals surface area contributed by atoms with Gasteiger partial charge in [-0.1, -0.05) is 74.4 Å². The summed E-state index contributed by atoms with van der Waals surface area (Å²) >= 11 is 0. The van der Waals surface area contributed by atoms with Crippen molar-refractivity contribution in [2.24, 2.45) is 11.3 Å². The van der Waals surface area contributed by atoms with Crippen LogP contribution < -0.4 is 0 Å². The SMILES string of the molecule is C=C(C)/C=C/C=C(C)/C=C/C1=C(C)C(C)CCC1(C)C. The average molecular weight is 270 g/mol. The van der Waals surface area contributed by atoms with Gasteiger partial charge < -0.3 is 0 Å². The molecule has 0 saturated heterocycles. The van der Waals surface area contributed by atoms with Gasteiger partial charge in [0.1, 0.15) is 0 Å². The van der Waals surface area contributed by atoms with Crippen LogP contribution in [0.5, 0.6) is 0 Å². The van der Waals surface area contributed by atoms with E-state index in [1.54, 1.807) is 5.57 Å². The van der Waals surface area contributed by atoms with Crippen LogP contribution in [0.4, 0.5) is 0 Å². The fraction of sp³-hybridized carbons (Fsp3) is 0.500. The Morgan fingerprint density at radius 3 is 2.50 bits per heavy atom. The summed E-state index contributed by atoms with van der Waals surface area (Å²) in [7, 11) is 0. The summed E-state index contributed by atoms with van der Waals surface area (Å²) in [6.45, 7) is 17.4. The predicted molar refractivity (Wildman–Crippen MR) is 91.7 cm³/mol. The molecule has 0 heterocycles. The maximum atomic E-state index is 3.87. The van der Waals surface area contributed by atoms with Crippen molar-refractivity contribution in [2.45, 2.75) is 54.4 Å². The van der Waals surface area contributed by atoms with Crippen molar-refractivity contribution < 1.29 is 0 Å². The van der Waals surface area contributed by atoms with E-state index >= 15 is 0 Å². The fourth-order valence-electron chi connectivity index (χ4n) is 2.72. The van der Waals surface area contributed by atoms with Crippen molar-refractivity contribution in [3.05, 3.63) is 59.3 Å². The third kappa shape index (κ3) is 4.67. The Balaban J connectivity index is 2.92. The van der Waals surface area contributed by atoms with Gasteiger partial charge in [-0.25, -0.2) is 0 Å². The largest absolute Gasteiger partial charge is 0.0961 e. The van der Waals surface area contributed by atoms with E-state index in [2.05, 4.69) is 65.5 Å². The molecule has 110 valence electrons. The van der Waals surface area contributed by atoms with Crippen LogP contribution in [0.1, 0.15) is 54.4 Å². The van der Waals surface area contributed by atoms with Gasteiger partial charge in [-0.15, -0.1) is 0 Å². The van der Waals surface area contributed by atoms with Crippen molar-refractivity contribution >= 4 is 0 Å². The Hall–Kier alpha value is -1.30. The van der Waals surface area contributed by atoms with E-state index < -0.39 is 0 Å². The van der Waals surface area contributed by atoms with Crippen LogP contribution in [0.2, 0.25) is 0 Å². The summed E-state index contributed by atoms with van der Waals surface area (Å²) in [5, 5.41) is 0. The molecule has 1 aliphatic rings. The molecule has 0 radical (unpaired) electrons. The highest BCUT2D eigenvalue weighted by atomic mass is 14.3. The van der Waals surface area contributed by atoms with Gasteiger partial charge in [0, 0.05) is 0 Å². The zero-order chi connectivity index (χ0) is 15.3. The van der Waals surface area contributed by atoms with E-state index in [1.165, 1.54) is 24.0 Å². The predicted octanol–water partition coefficient (Wildman–Crippen LogP) is 6.39. The summed E-state index contributed by atoms with van der Waals surface area (Å²) in [6, 6.07) is 0. The van der Waals surface area contributed by atoms with Gasteiger partial charge in [0.05, 0.1) is 0 Å². The smallest absolute Gasteiger partial charge is 0.0104 e. The normalized spacial score (nSPS) is 23.9. The second kappa shape index (κ2) is 6.92. The van der Waals surface area contributed by atoms with Crippen molar-refractivity contribution in [1.82, 2.24) is 0 Å². The number of hydrogen-bond acceptors (Lipinski definition) is 0. The van der Waals surface area contributed by atoms with Crippen LogP contribution in [0, 0.1) is 11.3 Å². The minimum Gasteiger partial charge on any atom is -0.0961 e. The molecule has 0 aliphatic heterocycles. The van der Waals surface area contributed by atoms with Crippen LogP contribution in [-0.4, -0.2) is 0 Å². The third-order valence-corrected chi connectivity index (χ3v) is 4.35. The molecule has 0 heteroatoms. The molecule has 0 aromatic rings. The van der Waals surface area contributed by atoms with Crippen molar-refractivity contribution in [1.29, 1.82) is 0 Å². The summed E-state index contributed by atoms with van der Waals surface area (Å²) < 4.78 is 0. The van der Waals surface area contributed by atoms with E-state index in [-0.39, 0.29) is 0 Å². The van der Waals surface area contributed by atoms with Crippen molar-refractivity contribution in [3.63, 3.8) is 0 Å². The Bertz CT molecular complexity index is 478. The molecule has 0 N–H and O–H groups in total. The fourth-order valence-corrected chi connectivity index (χ4v) is 2.72. The van der Waals surface area contributed by atoms with Crippen LogP contribution in [0.15, 0.2) is 59.3 Å². The van der Waals surface area contributed by atoms with E-state index in [9.17, 15) is 0 Å². The molecule has 0 nitrogen and oxygen atoms in total. The molecular formula is C20H30. The zero-order valence-electron chi connectivity index (χ0n) is 14.1. The molecule has 1 rings (SSSR count). The first kappa shape index (κ1) is 16.8. The second-order valence-corrected chi connectivity index (χ2v) is 6.87. The maximum Gasteiger partial charge on any atom is -0.0104 e. The number of allylic oxidation sites excluding steroid dienone is 9. The van der Waals surface area contributed by atoms with Gasteiger partial charge in [0.2, 0.25) is 0 Å². The van der Waals surface area contributed by atoms with Crippen LogP contribution in [-0.2, 0) is 0 Å². The molecule has 0 aromatic heterocycles. The van der Waals surface area contributed by atoms with E-state index in [4.69, 9.17) is 0 Å². The molecule has 0 amide bonds. The minimum atomic E-state index is 0.306. The first-order valence-corrected chi connectivity index (χ1v) is 7.64. The molecule has 0 spiro atoms. The lowest BCUT2D eigenvalue weighted by Crippen LogP contribution is -2.23. The average Bonchev–Trinajstić information content (AvgIpc) is 2.33. The van der Waals surface area contributed by atoms with Crippen LogP contribution in [0.3, 0.4) is 0 Å². The van der Waals surface area contributed by atoms with E-state index in [0.717, 1.165) is 11.5 Å². The summed E-state index contributed by atoms with van der Waals surface area (Å²) in [5.74, 6) is 0.718. The molecular weight excluding hydrogens is 240 g/mol. The van der Waals surface area contributed by atoms with Gasteiger partial charge >= 0.3 is 0 Å². The Kier molecular flexibility index (Phi) is 5.80. The summed E-state index contributed by atoms with van der Waals surface area (Å²) in [5.41, 5.74) is 5.74. The van der Waals surface area contributed by atoms with Gasteiger partial charge in [-0.2, -0.15) is 0 Å². The summed E-state index contributed by atoms with van der Waals surface area (Å²) in [6.07, 6.45) is 13.4. The quantitative estimate of drug-likeness (QED) is 0.519. The third-order valence-electron chi connectivity index (χ3n) is 4.35. The monoisotopic (exact) mass is 270 g/mol. The van der Waals surface area contributed by atoms with Gasteiger partial charge in [0.25, 0.3) is 0 Å². The number of hydrogen-bond donors (Lipinski definition) is 0. The van der Waals surface area contributed by atoms with Crippen molar-refractivity contribution in [2.75, 3.05) is 0 Å². The Morgan fingerprint density at radius 2 is 1.90 bits per heavy atom. The van der Waals surface area contributed by atoms with Crippen LogP contribution >= 0.6 is 0 Å². The first-order chi connectivity index (χ1) is 9.24. The first-order valence-electron chi connectivity index (χ1n) is 7.64. The number of rotatable bonds is 4. The molecule has 1 atom stereocenters. The van der Waals surface area contributed by atoms with Gasteiger partial charge in [-0.05, 0) is 50.5 Å². The van der Waals surface area contributed by atoms with Crippen LogP contribution in [0.25, 0.3) is 0 Å². The highest BCUT2D eigenvalue weighted by Gasteiger charge is 2.29. The van der Waals surface area contributed by atoms with Gasteiger partial charge in [0.15, 0.2) is 0 Å². The van der Waals surface area contributed by atoms with Crippen molar-refractivity contribution in [3.8, 4) is 0 Å². The standard InChI is InChI=1S/C20H30/c1-15(2)9-8-10-16(3)11-12-19-18(5)17(4)13-14-20(19,6)7/h8-12,17H,1,13-14H2,2-7H3/b9-8+,12-11+,16-10+. The molecule has 0 bridgehead atoms. The highest BCUT2D eigenvalue weighted by molar-refractivity contribution is 5.37. The lowest BCUT2D eigenvalue weighted by Gasteiger charge is -2.36. The minimum absolute atomic E-state index is 0.306. The molecule has 0 aromatic carbocycles. The molecule has 0 saturated carbocycles.